The molecule has 1 aliphatic heterocycles. The summed E-state index contributed by atoms with van der Waals surface area (Å²) in [5.41, 5.74) is 6.39. The van der Waals surface area contributed by atoms with E-state index < -0.39 is 0 Å². The van der Waals surface area contributed by atoms with E-state index in [1.807, 2.05) is 39.2 Å². The van der Waals surface area contributed by atoms with E-state index in [-0.39, 0.29) is 0 Å². The molecule has 0 unspecified atom stereocenters. The largest absolute Gasteiger partial charge is 0.378 e. The van der Waals surface area contributed by atoms with Crippen LogP contribution in [0.2, 0.25) is 0 Å². The van der Waals surface area contributed by atoms with Crippen molar-refractivity contribution in [3.05, 3.63) is 77.9 Å². The second-order valence-electron chi connectivity index (χ2n) is 6.85. The summed E-state index contributed by atoms with van der Waals surface area (Å²) in [4.78, 5) is 4.54. The van der Waals surface area contributed by atoms with Crippen LogP contribution in [0.25, 0.3) is 0 Å². The molecule has 0 fully saturated rings. The summed E-state index contributed by atoms with van der Waals surface area (Å²) in [6, 6.07) is 23.0. The van der Waals surface area contributed by atoms with Gasteiger partial charge in [0.2, 0.25) is 0 Å². The third kappa shape index (κ3) is 3.94. The van der Waals surface area contributed by atoms with Gasteiger partial charge in [-0.3, -0.25) is 0 Å². The minimum Gasteiger partial charge on any atom is -0.378 e. The Morgan fingerprint density at radius 3 is 2.46 bits per heavy atom. The molecule has 140 valence electrons. The Hall–Kier alpha value is -3.05. The molecule has 0 aromatic heterocycles. The first kappa shape index (κ1) is 18.3. The molecular formula is C23H22N4S. The SMILES string of the molecule is C/C(=N\N=C\c1ccc(N(C)C)cc1)c1ccc2c(c1)Nc1ccccc1S2. The third-order valence-corrected chi connectivity index (χ3v) is 5.75. The summed E-state index contributed by atoms with van der Waals surface area (Å²) in [5, 5.41) is 12.2. The number of fused-ring (bicyclic) bond motifs is 2. The van der Waals surface area contributed by atoms with Gasteiger partial charge in [-0.05, 0) is 54.4 Å². The van der Waals surface area contributed by atoms with Gasteiger partial charge in [0.1, 0.15) is 0 Å². The Morgan fingerprint density at radius 1 is 0.929 bits per heavy atom. The van der Waals surface area contributed by atoms with Crippen LogP contribution in [0.4, 0.5) is 17.1 Å². The Kier molecular flexibility index (Phi) is 5.17. The van der Waals surface area contributed by atoms with Crippen molar-refractivity contribution in [2.45, 2.75) is 16.7 Å². The summed E-state index contributed by atoms with van der Waals surface area (Å²) < 4.78 is 0. The topological polar surface area (TPSA) is 40.0 Å². The zero-order valence-electron chi connectivity index (χ0n) is 16.2. The van der Waals surface area contributed by atoms with Crippen LogP contribution in [-0.2, 0) is 0 Å². The molecule has 0 saturated carbocycles. The van der Waals surface area contributed by atoms with Crippen molar-refractivity contribution in [2.75, 3.05) is 24.3 Å². The summed E-state index contributed by atoms with van der Waals surface area (Å²) in [6.45, 7) is 1.98. The average Bonchev–Trinajstić information content (AvgIpc) is 2.72. The van der Waals surface area contributed by atoms with Crippen molar-refractivity contribution in [2.24, 2.45) is 10.2 Å². The molecule has 3 aromatic rings. The van der Waals surface area contributed by atoms with Crippen LogP contribution in [0.5, 0.6) is 0 Å². The molecule has 0 spiro atoms. The van der Waals surface area contributed by atoms with Crippen molar-refractivity contribution in [1.82, 2.24) is 0 Å². The summed E-state index contributed by atoms with van der Waals surface area (Å²) in [5.74, 6) is 0. The van der Waals surface area contributed by atoms with E-state index in [4.69, 9.17) is 0 Å². The van der Waals surface area contributed by atoms with Crippen LogP contribution >= 0.6 is 11.8 Å². The quantitative estimate of drug-likeness (QED) is 0.356. The fourth-order valence-corrected chi connectivity index (χ4v) is 3.93. The maximum Gasteiger partial charge on any atom is 0.0672 e. The molecule has 4 rings (SSSR count). The van der Waals surface area contributed by atoms with E-state index in [1.165, 1.54) is 9.79 Å². The maximum atomic E-state index is 4.38. The van der Waals surface area contributed by atoms with Gasteiger partial charge in [-0.25, -0.2) is 0 Å². The van der Waals surface area contributed by atoms with Crippen molar-refractivity contribution in [3.63, 3.8) is 0 Å². The fraction of sp³-hybridized carbons (Fsp3) is 0.130. The van der Waals surface area contributed by atoms with Gasteiger partial charge in [0, 0.05) is 29.6 Å². The highest BCUT2D eigenvalue weighted by molar-refractivity contribution is 7.99. The Labute approximate surface area is 170 Å². The first-order chi connectivity index (χ1) is 13.6. The number of nitrogens with zero attached hydrogens (tertiary/aromatic N) is 3. The molecule has 4 nitrogen and oxygen atoms in total. The second kappa shape index (κ2) is 7.90. The molecule has 1 aliphatic rings. The van der Waals surface area contributed by atoms with E-state index in [0.717, 1.165) is 33.9 Å². The first-order valence-electron chi connectivity index (χ1n) is 9.13. The predicted octanol–water partition coefficient (Wildman–Crippen LogP) is 5.80. The molecule has 0 aliphatic carbocycles. The van der Waals surface area contributed by atoms with E-state index in [2.05, 4.69) is 69.0 Å². The number of hydrogen-bond donors (Lipinski definition) is 1. The molecule has 0 saturated heterocycles. The summed E-state index contributed by atoms with van der Waals surface area (Å²) in [7, 11) is 4.06. The first-order valence-corrected chi connectivity index (χ1v) is 9.95. The van der Waals surface area contributed by atoms with Gasteiger partial charge in [-0.1, -0.05) is 42.1 Å². The number of rotatable bonds is 4. The van der Waals surface area contributed by atoms with Gasteiger partial charge in [0.05, 0.1) is 23.3 Å². The molecular weight excluding hydrogens is 364 g/mol. The van der Waals surface area contributed by atoms with Crippen LogP contribution in [0.3, 0.4) is 0 Å². The fourth-order valence-electron chi connectivity index (χ4n) is 2.96. The van der Waals surface area contributed by atoms with Gasteiger partial charge in [0.25, 0.3) is 0 Å². The average molecular weight is 387 g/mol. The lowest BCUT2D eigenvalue weighted by molar-refractivity contribution is 1.13. The number of para-hydroxylation sites is 1. The molecule has 0 bridgehead atoms. The second-order valence-corrected chi connectivity index (χ2v) is 7.93. The number of nitrogens with one attached hydrogen (secondary N) is 1. The lowest BCUT2D eigenvalue weighted by Gasteiger charge is -2.21. The highest BCUT2D eigenvalue weighted by Crippen LogP contribution is 2.44. The molecule has 28 heavy (non-hydrogen) atoms. The Balaban J connectivity index is 1.50. The molecule has 3 aromatic carbocycles. The Morgan fingerprint density at radius 2 is 1.68 bits per heavy atom. The van der Waals surface area contributed by atoms with Crippen LogP contribution in [0.1, 0.15) is 18.1 Å². The van der Waals surface area contributed by atoms with E-state index in [9.17, 15) is 0 Å². The van der Waals surface area contributed by atoms with Gasteiger partial charge in [-0.2, -0.15) is 10.2 Å². The number of benzene rings is 3. The van der Waals surface area contributed by atoms with Crippen LogP contribution < -0.4 is 10.2 Å². The van der Waals surface area contributed by atoms with Crippen molar-refractivity contribution >= 4 is 40.8 Å². The van der Waals surface area contributed by atoms with Gasteiger partial charge >= 0.3 is 0 Å². The predicted molar refractivity (Wildman–Crippen MR) is 121 cm³/mol. The Bertz CT molecular complexity index is 1050. The molecule has 0 atom stereocenters. The van der Waals surface area contributed by atoms with E-state index >= 15 is 0 Å². The minimum atomic E-state index is 0.884. The number of hydrogen-bond acceptors (Lipinski definition) is 5. The van der Waals surface area contributed by atoms with Crippen molar-refractivity contribution < 1.29 is 0 Å². The standard InChI is InChI=1S/C23H22N4S/c1-16(26-24-15-17-8-11-19(12-9-17)27(2)3)18-10-13-23-21(14-18)25-20-6-4-5-7-22(20)28-23/h4-15,25H,1-3H3/b24-15+,26-16+. The van der Waals surface area contributed by atoms with E-state index in [1.54, 1.807) is 18.0 Å². The lowest BCUT2D eigenvalue weighted by Crippen LogP contribution is -2.08. The zero-order chi connectivity index (χ0) is 19.5. The van der Waals surface area contributed by atoms with Gasteiger partial charge in [-0.15, -0.1) is 0 Å². The normalized spacial score (nSPS) is 13.0. The zero-order valence-corrected chi connectivity index (χ0v) is 17.0. The molecule has 0 radical (unpaired) electrons. The smallest absolute Gasteiger partial charge is 0.0672 e. The van der Waals surface area contributed by atoms with Crippen molar-refractivity contribution in [3.8, 4) is 0 Å². The van der Waals surface area contributed by atoms with E-state index in [0.29, 0.717) is 0 Å². The summed E-state index contributed by atoms with van der Waals surface area (Å²) >= 11 is 1.79. The monoisotopic (exact) mass is 386 g/mol. The lowest BCUT2D eigenvalue weighted by atomic mass is 10.1. The molecule has 0 amide bonds. The molecule has 5 heteroatoms. The van der Waals surface area contributed by atoms with Gasteiger partial charge < -0.3 is 10.2 Å². The molecule has 1 heterocycles. The highest BCUT2D eigenvalue weighted by atomic mass is 32.2. The molecule has 1 N–H and O–H groups in total. The van der Waals surface area contributed by atoms with Crippen molar-refractivity contribution in [1.29, 1.82) is 0 Å². The summed E-state index contributed by atoms with van der Waals surface area (Å²) in [6.07, 6.45) is 1.78. The number of anilines is 3. The van der Waals surface area contributed by atoms with Crippen LogP contribution in [0, 0.1) is 0 Å². The van der Waals surface area contributed by atoms with Gasteiger partial charge in [0.15, 0.2) is 0 Å². The maximum absolute atomic E-state index is 4.38. The highest BCUT2D eigenvalue weighted by Gasteiger charge is 2.15. The van der Waals surface area contributed by atoms with Crippen LogP contribution in [-0.4, -0.2) is 26.0 Å². The minimum absolute atomic E-state index is 0.884. The third-order valence-electron chi connectivity index (χ3n) is 4.60. The van der Waals surface area contributed by atoms with Crippen LogP contribution in [0.15, 0.2) is 86.7 Å².